The highest BCUT2D eigenvalue weighted by molar-refractivity contribution is 5.77. The van der Waals surface area contributed by atoms with E-state index in [2.05, 4.69) is 4.98 Å². The normalized spacial score (nSPS) is 15.5. The summed E-state index contributed by atoms with van der Waals surface area (Å²) in [7, 11) is 0. The van der Waals surface area contributed by atoms with Gasteiger partial charge in [-0.2, -0.15) is 0 Å². The zero-order chi connectivity index (χ0) is 14.9. The van der Waals surface area contributed by atoms with Gasteiger partial charge in [0.1, 0.15) is 11.5 Å². The first-order valence-electron chi connectivity index (χ1n) is 7.78. The monoisotopic (exact) mass is 294 g/mol. The lowest BCUT2D eigenvalue weighted by Crippen LogP contribution is -2.20. The van der Waals surface area contributed by atoms with Gasteiger partial charge in [-0.1, -0.05) is 31.0 Å². The molecule has 1 heterocycles. The van der Waals surface area contributed by atoms with E-state index in [1.165, 1.54) is 12.8 Å². The van der Waals surface area contributed by atoms with Crippen LogP contribution in [0.3, 0.4) is 0 Å². The number of imidazole rings is 1. The minimum Gasteiger partial charge on any atom is -0.457 e. The van der Waals surface area contributed by atoms with Crippen molar-refractivity contribution in [3.8, 4) is 11.5 Å². The number of ether oxygens (including phenoxy) is 1. The maximum Gasteiger partial charge on any atom is 0.326 e. The molecule has 3 aromatic rings. The quantitative estimate of drug-likeness (QED) is 0.785. The van der Waals surface area contributed by atoms with Crippen LogP contribution in [0.4, 0.5) is 0 Å². The number of fused-ring (bicyclic) bond motifs is 1. The molecule has 1 aliphatic rings. The van der Waals surface area contributed by atoms with Crippen LogP contribution in [0.2, 0.25) is 0 Å². The highest BCUT2D eigenvalue weighted by atomic mass is 16.5. The molecule has 2 aromatic carbocycles. The van der Waals surface area contributed by atoms with Crippen LogP contribution in [0.5, 0.6) is 11.5 Å². The van der Waals surface area contributed by atoms with Gasteiger partial charge in [0.15, 0.2) is 0 Å². The number of aromatic nitrogens is 2. The summed E-state index contributed by atoms with van der Waals surface area (Å²) in [6.07, 6.45) is 4.60. The van der Waals surface area contributed by atoms with Crippen molar-refractivity contribution in [1.82, 2.24) is 9.55 Å². The van der Waals surface area contributed by atoms with E-state index in [9.17, 15) is 4.79 Å². The molecule has 0 aliphatic heterocycles. The fourth-order valence-electron chi connectivity index (χ4n) is 3.32. The van der Waals surface area contributed by atoms with Gasteiger partial charge >= 0.3 is 5.69 Å². The fraction of sp³-hybridized carbons (Fsp3) is 0.278. The Kier molecular flexibility index (Phi) is 3.22. The first kappa shape index (κ1) is 13.2. The van der Waals surface area contributed by atoms with Crippen molar-refractivity contribution in [3.63, 3.8) is 0 Å². The molecule has 1 N–H and O–H groups in total. The van der Waals surface area contributed by atoms with Gasteiger partial charge < -0.3 is 9.72 Å². The molecule has 22 heavy (non-hydrogen) atoms. The molecule has 4 nitrogen and oxygen atoms in total. The number of nitrogens with zero attached hydrogens (tertiary/aromatic N) is 1. The number of nitrogens with one attached hydrogen (secondary N) is 1. The summed E-state index contributed by atoms with van der Waals surface area (Å²) < 4.78 is 7.74. The lowest BCUT2D eigenvalue weighted by atomic mass is 10.2. The number of aromatic amines is 1. The van der Waals surface area contributed by atoms with Gasteiger partial charge in [0, 0.05) is 12.1 Å². The molecule has 1 fully saturated rings. The summed E-state index contributed by atoms with van der Waals surface area (Å²) in [4.78, 5) is 15.2. The molecule has 0 spiro atoms. The topological polar surface area (TPSA) is 47.0 Å². The number of rotatable bonds is 3. The van der Waals surface area contributed by atoms with E-state index in [0.717, 1.165) is 35.4 Å². The second kappa shape index (κ2) is 5.37. The molecule has 0 amide bonds. The largest absolute Gasteiger partial charge is 0.457 e. The molecule has 0 bridgehead atoms. The third-order valence-corrected chi connectivity index (χ3v) is 4.36. The van der Waals surface area contributed by atoms with E-state index in [0.29, 0.717) is 6.04 Å². The van der Waals surface area contributed by atoms with Gasteiger partial charge in [0.05, 0.1) is 11.0 Å². The molecular weight excluding hydrogens is 276 g/mol. The minimum absolute atomic E-state index is 0.0150. The van der Waals surface area contributed by atoms with Crippen molar-refractivity contribution >= 4 is 11.0 Å². The Morgan fingerprint density at radius 2 is 1.77 bits per heavy atom. The molecule has 1 aromatic heterocycles. The lowest BCUT2D eigenvalue weighted by molar-refractivity contribution is 0.483. The van der Waals surface area contributed by atoms with E-state index in [-0.39, 0.29) is 5.69 Å². The first-order chi connectivity index (χ1) is 10.8. The summed E-state index contributed by atoms with van der Waals surface area (Å²) in [5, 5.41) is 0. The Morgan fingerprint density at radius 1 is 1.00 bits per heavy atom. The number of hydrogen-bond acceptors (Lipinski definition) is 2. The smallest absolute Gasteiger partial charge is 0.326 e. The molecule has 0 atom stereocenters. The zero-order valence-corrected chi connectivity index (χ0v) is 12.3. The highest BCUT2D eigenvalue weighted by Crippen LogP contribution is 2.32. The molecular formula is C18H18N2O2. The summed E-state index contributed by atoms with van der Waals surface area (Å²) in [5.41, 5.74) is 1.79. The van der Waals surface area contributed by atoms with Crippen molar-refractivity contribution in [3.05, 3.63) is 59.0 Å². The predicted octanol–water partition coefficient (Wildman–Crippen LogP) is 4.24. The van der Waals surface area contributed by atoms with Crippen LogP contribution in [0.15, 0.2) is 53.3 Å². The summed E-state index contributed by atoms with van der Waals surface area (Å²) in [6, 6.07) is 15.8. The average Bonchev–Trinajstić information content (AvgIpc) is 3.14. The van der Waals surface area contributed by atoms with Crippen molar-refractivity contribution in [2.75, 3.05) is 0 Å². The average molecular weight is 294 g/mol. The zero-order valence-electron chi connectivity index (χ0n) is 12.3. The third-order valence-electron chi connectivity index (χ3n) is 4.36. The van der Waals surface area contributed by atoms with Gasteiger partial charge in [-0.05, 0) is 37.1 Å². The Labute approximate surface area is 128 Å². The summed E-state index contributed by atoms with van der Waals surface area (Å²) in [5.74, 6) is 1.53. The van der Waals surface area contributed by atoms with Crippen LogP contribution in [0.25, 0.3) is 11.0 Å². The van der Waals surface area contributed by atoms with Crippen molar-refractivity contribution < 1.29 is 4.74 Å². The van der Waals surface area contributed by atoms with E-state index in [1.54, 1.807) is 0 Å². The molecule has 4 rings (SSSR count). The minimum atomic E-state index is -0.0150. The first-order valence-corrected chi connectivity index (χ1v) is 7.78. The van der Waals surface area contributed by atoms with E-state index in [1.807, 2.05) is 53.1 Å². The SMILES string of the molecule is O=c1[nH]c2cc(Oc3ccccc3)ccc2n1C1CCCC1. The van der Waals surface area contributed by atoms with E-state index < -0.39 is 0 Å². The maximum atomic E-state index is 12.3. The Bertz CT molecular complexity index is 842. The predicted molar refractivity (Wildman–Crippen MR) is 86.6 cm³/mol. The van der Waals surface area contributed by atoms with Crippen LogP contribution < -0.4 is 10.4 Å². The lowest BCUT2D eigenvalue weighted by Gasteiger charge is -2.11. The van der Waals surface area contributed by atoms with Crippen LogP contribution in [0.1, 0.15) is 31.7 Å². The Balaban J connectivity index is 1.71. The third kappa shape index (κ3) is 2.30. The number of benzene rings is 2. The molecule has 0 unspecified atom stereocenters. The standard InChI is InChI=1S/C18H18N2O2/c21-18-19-16-12-15(22-14-8-2-1-3-9-14)10-11-17(16)20(18)13-6-4-5-7-13/h1-3,8-13H,4-7H2,(H,19,21). The van der Waals surface area contributed by atoms with Gasteiger partial charge in [0.2, 0.25) is 0 Å². The molecule has 1 aliphatic carbocycles. The van der Waals surface area contributed by atoms with Gasteiger partial charge in [-0.25, -0.2) is 4.79 Å². The number of H-pyrrole nitrogens is 1. The maximum absolute atomic E-state index is 12.3. The molecule has 0 radical (unpaired) electrons. The number of para-hydroxylation sites is 1. The van der Waals surface area contributed by atoms with Crippen LogP contribution in [0, 0.1) is 0 Å². The molecule has 1 saturated carbocycles. The van der Waals surface area contributed by atoms with E-state index in [4.69, 9.17) is 4.74 Å². The Morgan fingerprint density at radius 3 is 2.55 bits per heavy atom. The second-order valence-corrected chi connectivity index (χ2v) is 5.83. The van der Waals surface area contributed by atoms with E-state index >= 15 is 0 Å². The summed E-state index contributed by atoms with van der Waals surface area (Å²) >= 11 is 0. The summed E-state index contributed by atoms with van der Waals surface area (Å²) in [6.45, 7) is 0. The molecule has 4 heteroatoms. The van der Waals surface area contributed by atoms with Gasteiger partial charge in [-0.15, -0.1) is 0 Å². The molecule has 112 valence electrons. The Hall–Kier alpha value is -2.49. The van der Waals surface area contributed by atoms with Crippen molar-refractivity contribution in [2.24, 2.45) is 0 Å². The van der Waals surface area contributed by atoms with Gasteiger partial charge in [0.25, 0.3) is 0 Å². The van der Waals surface area contributed by atoms with Gasteiger partial charge in [-0.3, -0.25) is 4.57 Å². The fourth-order valence-corrected chi connectivity index (χ4v) is 3.32. The number of hydrogen-bond donors (Lipinski definition) is 1. The van der Waals surface area contributed by atoms with Crippen LogP contribution in [-0.4, -0.2) is 9.55 Å². The molecule has 0 saturated heterocycles. The van der Waals surface area contributed by atoms with Crippen LogP contribution in [-0.2, 0) is 0 Å². The second-order valence-electron chi connectivity index (χ2n) is 5.83. The van der Waals surface area contributed by atoms with Crippen LogP contribution >= 0.6 is 0 Å². The van der Waals surface area contributed by atoms with Crippen molar-refractivity contribution in [1.29, 1.82) is 0 Å². The highest BCUT2D eigenvalue weighted by Gasteiger charge is 2.21. The van der Waals surface area contributed by atoms with Crippen molar-refractivity contribution in [2.45, 2.75) is 31.7 Å².